The fourth-order valence-corrected chi connectivity index (χ4v) is 3.98. The average Bonchev–Trinajstić information content (AvgIpc) is 2.77. The van der Waals surface area contributed by atoms with Gasteiger partial charge in [-0.2, -0.15) is 13.2 Å². The molecule has 1 aromatic carbocycles. The first kappa shape index (κ1) is 33.9. The number of nitrogens with zero attached hydrogens (tertiary/aromatic N) is 1. The van der Waals surface area contributed by atoms with Gasteiger partial charge in [0, 0.05) is 6.08 Å². The van der Waals surface area contributed by atoms with E-state index in [2.05, 4.69) is 5.16 Å². The summed E-state index contributed by atoms with van der Waals surface area (Å²) in [5.41, 5.74) is -6.44. The maximum Gasteiger partial charge on any atom is 0.422 e. The summed E-state index contributed by atoms with van der Waals surface area (Å²) >= 11 is 0. The number of alkyl halides is 3. The maximum atomic E-state index is 14.2. The van der Waals surface area contributed by atoms with Crippen molar-refractivity contribution in [3.05, 3.63) is 41.0 Å². The number of amides is 1. The van der Waals surface area contributed by atoms with Crippen LogP contribution in [0.5, 0.6) is 0 Å². The van der Waals surface area contributed by atoms with Crippen LogP contribution in [0, 0.1) is 34.6 Å². The van der Waals surface area contributed by atoms with Crippen molar-refractivity contribution >= 4 is 23.3 Å². The molecule has 0 saturated carbocycles. The Bertz CT molecular complexity index is 1090. The molecule has 220 valence electrons. The zero-order valence-corrected chi connectivity index (χ0v) is 22.8. The van der Waals surface area contributed by atoms with Gasteiger partial charge in [0.15, 0.2) is 23.3 Å². The minimum absolute atomic E-state index is 0.237. The van der Waals surface area contributed by atoms with Gasteiger partial charge in [0.25, 0.3) is 5.91 Å². The lowest BCUT2D eigenvalue weighted by Crippen LogP contribution is -2.39. The lowest BCUT2D eigenvalue weighted by Gasteiger charge is -2.30. The van der Waals surface area contributed by atoms with Crippen molar-refractivity contribution in [2.45, 2.75) is 79.5 Å². The molecule has 39 heavy (non-hydrogen) atoms. The van der Waals surface area contributed by atoms with E-state index in [0.717, 1.165) is 20.3 Å². The molecule has 1 amide bonds. The third-order valence-corrected chi connectivity index (χ3v) is 5.50. The number of nitrogens with one attached hydrogen (secondary N) is 1. The van der Waals surface area contributed by atoms with Crippen LogP contribution in [0.1, 0.15) is 73.3 Å². The molecular formula is C26H33F7N2O4. The van der Waals surface area contributed by atoms with Gasteiger partial charge in [0.1, 0.15) is 11.3 Å². The number of allylic oxidation sites excluding steroid dienone is 1. The highest BCUT2D eigenvalue weighted by Crippen LogP contribution is 2.39. The summed E-state index contributed by atoms with van der Waals surface area (Å²) in [5.74, 6) is -11.8. The van der Waals surface area contributed by atoms with Crippen molar-refractivity contribution in [3.63, 3.8) is 0 Å². The molecule has 0 bridgehead atoms. The van der Waals surface area contributed by atoms with Crippen molar-refractivity contribution in [1.29, 1.82) is 0 Å². The topological polar surface area (TPSA) is 77.0 Å². The average molecular weight is 571 g/mol. The minimum atomic E-state index is -5.72. The standard InChI is InChI=1S/C26H33F7N2O4/c1-8-38-16(36)10-9-11-25(7,12-14(2)3)13-15(4)35-39-24(5,6)23(37)34-22-20(29)18(27)17(26(31,32)33)19(28)21(22)30/h9-10,14H,8,11-13H2,1-7H3,(H,34,37)/b10-9+,35-15+. The van der Waals surface area contributed by atoms with Gasteiger partial charge >= 0.3 is 12.1 Å². The van der Waals surface area contributed by atoms with Gasteiger partial charge in [-0.1, -0.05) is 32.0 Å². The fourth-order valence-electron chi connectivity index (χ4n) is 3.98. The van der Waals surface area contributed by atoms with Gasteiger partial charge in [-0.05, 0) is 58.3 Å². The number of benzene rings is 1. The highest BCUT2D eigenvalue weighted by Gasteiger charge is 2.43. The zero-order chi connectivity index (χ0) is 30.3. The Morgan fingerprint density at radius 3 is 2.00 bits per heavy atom. The molecule has 1 aromatic rings. The summed E-state index contributed by atoms with van der Waals surface area (Å²) in [7, 11) is 0. The number of esters is 1. The molecular weight excluding hydrogens is 537 g/mol. The van der Waals surface area contributed by atoms with Crippen LogP contribution in [0.15, 0.2) is 17.3 Å². The van der Waals surface area contributed by atoms with Crippen LogP contribution in [0.4, 0.5) is 36.4 Å². The molecule has 13 heteroatoms. The highest BCUT2D eigenvalue weighted by molar-refractivity contribution is 5.97. The van der Waals surface area contributed by atoms with Crippen LogP contribution < -0.4 is 5.32 Å². The van der Waals surface area contributed by atoms with Gasteiger partial charge in [-0.15, -0.1) is 0 Å². The molecule has 6 nitrogen and oxygen atoms in total. The smallest absolute Gasteiger partial charge is 0.422 e. The predicted octanol–water partition coefficient (Wildman–Crippen LogP) is 7.32. The van der Waals surface area contributed by atoms with E-state index < -0.39 is 58.2 Å². The number of hydrogen-bond donors (Lipinski definition) is 1. The molecule has 0 aliphatic heterocycles. The van der Waals surface area contributed by atoms with E-state index in [9.17, 15) is 40.3 Å². The quantitative estimate of drug-likeness (QED) is 0.0713. The summed E-state index contributed by atoms with van der Waals surface area (Å²) in [6, 6.07) is 0. The summed E-state index contributed by atoms with van der Waals surface area (Å²) in [6.07, 6.45) is -1.16. The van der Waals surface area contributed by atoms with Gasteiger partial charge in [0.05, 0.1) is 12.3 Å². The number of ether oxygens (including phenoxy) is 1. The van der Waals surface area contributed by atoms with Crippen LogP contribution in [-0.2, 0) is 25.3 Å². The zero-order valence-electron chi connectivity index (χ0n) is 22.8. The van der Waals surface area contributed by atoms with E-state index in [1.807, 2.05) is 20.8 Å². The minimum Gasteiger partial charge on any atom is -0.463 e. The van der Waals surface area contributed by atoms with Crippen LogP contribution >= 0.6 is 0 Å². The molecule has 0 aromatic heterocycles. The van der Waals surface area contributed by atoms with Crippen molar-refractivity contribution in [2.75, 3.05) is 11.9 Å². The molecule has 0 saturated heterocycles. The SMILES string of the molecule is CCOC(=O)/C=C/CC(C)(C/C(C)=N/OC(C)(C)C(=O)Nc1c(F)c(F)c(C(F)(F)F)c(F)c1F)CC(C)C. The molecule has 1 atom stereocenters. The van der Waals surface area contributed by atoms with Gasteiger partial charge in [0.2, 0.25) is 5.60 Å². The molecule has 0 spiro atoms. The Kier molecular flexibility index (Phi) is 11.6. The Morgan fingerprint density at radius 2 is 1.54 bits per heavy atom. The second-order valence-electron chi connectivity index (χ2n) is 10.3. The monoisotopic (exact) mass is 570 g/mol. The lowest BCUT2D eigenvalue weighted by molar-refractivity contribution is -0.143. The van der Waals surface area contributed by atoms with E-state index in [1.165, 1.54) is 6.08 Å². The first-order valence-corrected chi connectivity index (χ1v) is 12.0. The summed E-state index contributed by atoms with van der Waals surface area (Å²) in [4.78, 5) is 29.4. The predicted molar refractivity (Wildman–Crippen MR) is 131 cm³/mol. The van der Waals surface area contributed by atoms with E-state index >= 15 is 0 Å². The molecule has 1 N–H and O–H groups in total. The van der Waals surface area contributed by atoms with E-state index in [-0.39, 0.29) is 17.9 Å². The molecule has 1 rings (SSSR count). The summed E-state index contributed by atoms with van der Waals surface area (Å²) < 4.78 is 99.4. The number of oxime groups is 1. The van der Waals surface area contributed by atoms with Crippen LogP contribution in [0.3, 0.4) is 0 Å². The Labute approximate surface area is 222 Å². The van der Waals surface area contributed by atoms with Gasteiger partial charge < -0.3 is 14.9 Å². The lowest BCUT2D eigenvalue weighted by atomic mass is 9.75. The second-order valence-corrected chi connectivity index (χ2v) is 10.3. The van der Waals surface area contributed by atoms with E-state index in [0.29, 0.717) is 18.6 Å². The molecule has 0 heterocycles. The van der Waals surface area contributed by atoms with Crippen molar-refractivity contribution < 1.29 is 49.9 Å². The fraction of sp³-hybridized carbons (Fsp3) is 0.577. The first-order chi connectivity index (χ1) is 17.8. The number of hydrogen-bond acceptors (Lipinski definition) is 5. The molecule has 0 fully saturated rings. The number of halogens is 7. The third kappa shape index (κ3) is 9.54. The maximum absolute atomic E-state index is 14.2. The van der Waals surface area contributed by atoms with Crippen molar-refractivity contribution in [3.8, 4) is 0 Å². The van der Waals surface area contributed by atoms with Crippen LogP contribution in [0.25, 0.3) is 0 Å². The summed E-state index contributed by atoms with van der Waals surface area (Å²) in [5, 5.41) is 5.45. The first-order valence-electron chi connectivity index (χ1n) is 12.0. The Morgan fingerprint density at radius 1 is 1.00 bits per heavy atom. The Balaban J connectivity index is 3.09. The molecule has 0 aliphatic carbocycles. The third-order valence-electron chi connectivity index (χ3n) is 5.50. The number of carbonyl (C=O) groups excluding carboxylic acids is 2. The van der Waals surface area contributed by atoms with Crippen molar-refractivity contribution in [2.24, 2.45) is 16.5 Å². The van der Waals surface area contributed by atoms with Crippen LogP contribution in [-0.4, -0.2) is 29.8 Å². The number of anilines is 1. The largest absolute Gasteiger partial charge is 0.463 e. The molecule has 1 unspecified atom stereocenters. The van der Waals surface area contributed by atoms with Crippen molar-refractivity contribution in [1.82, 2.24) is 0 Å². The second kappa shape index (κ2) is 13.3. The van der Waals surface area contributed by atoms with E-state index in [4.69, 9.17) is 9.57 Å². The highest BCUT2D eigenvalue weighted by atomic mass is 19.4. The molecule has 0 radical (unpaired) electrons. The van der Waals surface area contributed by atoms with Gasteiger partial charge in [-0.3, -0.25) is 4.79 Å². The number of carbonyl (C=O) groups is 2. The van der Waals surface area contributed by atoms with Crippen LogP contribution in [0.2, 0.25) is 0 Å². The normalized spacial score (nSPS) is 14.5. The number of rotatable bonds is 12. The summed E-state index contributed by atoms with van der Waals surface area (Å²) in [6.45, 7) is 11.7. The van der Waals surface area contributed by atoms with E-state index in [1.54, 1.807) is 25.2 Å². The Hall–Kier alpha value is -3.12. The van der Waals surface area contributed by atoms with Gasteiger partial charge in [-0.25, -0.2) is 22.4 Å². The molecule has 0 aliphatic rings.